The van der Waals surface area contributed by atoms with E-state index < -0.39 is 0 Å². The smallest absolute Gasteiger partial charge is 0.131 e. The Hall–Kier alpha value is -2.19. The van der Waals surface area contributed by atoms with Crippen molar-refractivity contribution in [2.24, 2.45) is 0 Å². The van der Waals surface area contributed by atoms with Gasteiger partial charge in [-0.1, -0.05) is 55.5 Å². The molecule has 0 atom stereocenters. The average molecular weight is 279 g/mol. The monoisotopic (exact) mass is 279 g/mol. The molecule has 0 aliphatic heterocycles. The minimum atomic E-state index is -0.168. The second-order valence-electron chi connectivity index (χ2n) is 5.12. The summed E-state index contributed by atoms with van der Waals surface area (Å²) in [6.45, 7) is 3.89. The molecule has 0 aromatic heterocycles. The third kappa shape index (κ3) is 2.81. The van der Waals surface area contributed by atoms with Crippen molar-refractivity contribution < 1.29 is 4.39 Å². The maximum absolute atomic E-state index is 13.9. The first-order valence-electron chi connectivity index (χ1n) is 7.27. The second kappa shape index (κ2) is 6.06. The molecule has 3 aromatic carbocycles. The van der Waals surface area contributed by atoms with Crippen LogP contribution in [0.2, 0.25) is 0 Å². The number of hydrogen-bond donors (Lipinski definition) is 1. The van der Waals surface area contributed by atoms with Crippen molar-refractivity contribution in [3.8, 4) is 11.1 Å². The predicted molar refractivity (Wildman–Crippen MR) is 86.7 cm³/mol. The molecule has 0 saturated carbocycles. The summed E-state index contributed by atoms with van der Waals surface area (Å²) in [6, 6.07) is 19.5. The summed E-state index contributed by atoms with van der Waals surface area (Å²) in [5, 5.41) is 4.96. The number of halogens is 1. The summed E-state index contributed by atoms with van der Waals surface area (Å²) < 4.78 is 13.9. The van der Waals surface area contributed by atoms with Gasteiger partial charge >= 0.3 is 0 Å². The first kappa shape index (κ1) is 13.8. The predicted octanol–water partition coefficient (Wildman–Crippen LogP) is 4.76. The summed E-state index contributed by atoms with van der Waals surface area (Å²) in [5.41, 5.74) is 3.44. The van der Waals surface area contributed by atoms with Gasteiger partial charge in [-0.05, 0) is 40.8 Å². The summed E-state index contributed by atoms with van der Waals surface area (Å²) in [4.78, 5) is 0. The van der Waals surface area contributed by atoms with Crippen molar-refractivity contribution in [1.82, 2.24) is 5.32 Å². The van der Waals surface area contributed by atoms with E-state index in [9.17, 15) is 4.39 Å². The fraction of sp³-hybridized carbons (Fsp3) is 0.158. The van der Waals surface area contributed by atoms with Crippen LogP contribution in [0, 0.1) is 5.82 Å². The Kier molecular flexibility index (Phi) is 3.98. The maximum atomic E-state index is 13.9. The van der Waals surface area contributed by atoms with Crippen LogP contribution < -0.4 is 5.32 Å². The van der Waals surface area contributed by atoms with Crippen LogP contribution in [0.5, 0.6) is 0 Å². The average Bonchev–Trinajstić information content (AvgIpc) is 2.54. The normalized spacial score (nSPS) is 11.0. The van der Waals surface area contributed by atoms with Gasteiger partial charge in [-0.15, -0.1) is 0 Å². The molecule has 0 aliphatic rings. The largest absolute Gasteiger partial charge is 0.313 e. The van der Waals surface area contributed by atoms with Gasteiger partial charge in [0.25, 0.3) is 0 Å². The lowest BCUT2D eigenvalue weighted by atomic mass is 9.97. The molecular weight excluding hydrogens is 261 g/mol. The molecular formula is C19H18FN. The lowest BCUT2D eigenvalue weighted by molar-refractivity contribution is 0.640. The highest BCUT2D eigenvalue weighted by molar-refractivity contribution is 5.97. The molecule has 0 saturated heterocycles. The van der Waals surface area contributed by atoms with Gasteiger partial charge in [0, 0.05) is 11.9 Å². The van der Waals surface area contributed by atoms with Crippen LogP contribution in [0.25, 0.3) is 21.9 Å². The van der Waals surface area contributed by atoms with E-state index in [0.29, 0.717) is 5.39 Å². The number of benzene rings is 3. The number of rotatable bonds is 4. The van der Waals surface area contributed by atoms with E-state index in [0.717, 1.165) is 29.6 Å². The molecule has 0 fully saturated rings. The van der Waals surface area contributed by atoms with Crippen LogP contribution in [-0.2, 0) is 6.54 Å². The highest BCUT2D eigenvalue weighted by Crippen LogP contribution is 2.30. The molecule has 106 valence electrons. The SMILES string of the molecule is CCNCc1cccc(-c2ccc(F)c3ccccc23)c1. The molecule has 0 unspecified atom stereocenters. The van der Waals surface area contributed by atoms with Gasteiger partial charge in [0.1, 0.15) is 5.82 Å². The van der Waals surface area contributed by atoms with Gasteiger partial charge in [0.05, 0.1) is 0 Å². The lowest BCUT2D eigenvalue weighted by Gasteiger charge is -2.10. The van der Waals surface area contributed by atoms with E-state index in [1.54, 1.807) is 6.07 Å². The van der Waals surface area contributed by atoms with Crippen molar-refractivity contribution in [1.29, 1.82) is 0 Å². The number of nitrogens with one attached hydrogen (secondary N) is 1. The molecule has 0 radical (unpaired) electrons. The Labute approximate surface area is 124 Å². The van der Waals surface area contributed by atoms with E-state index in [-0.39, 0.29) is 5.82 Å². The highest BCUT2D eigenvalue weighted by Gasteiger charge is 2.07. The Morgan fingerprint density at radius 3 is 2.52 bits per heavy atom. The minimum Gasteiger partial charge on any atom is -0.313 e. The van der Waals surface area contributed by atoms with E-state index in [1.807, 2.05) is 30.3 Å². The van der Waals surface area contributed by atoms with Crippen molar-refractivity contribution >= 4 is 10.8 Å². The van der Waals surface area contributed by atoms with E-state index >= 15 is 0 Å². The van der Waals surface area contributed by atoms with Crippen LogP contribution in [0.3, 0.4) is 0 Å². The van der Waals surface area contributed by atoms with Crippen LogP contribution in [0.1, 0.15) is 12.5 Å². The third-order valence-electron chi connectivity index (χ3n) is 3.69. The van der Waals surface area contributed by atoms with Gasteiger partial charge in [0.2, 0.25) is 0 Å². The summed E-state index contributed by atoms with van der Waals surface area (Å²) in [7, 11) is 0. The first-order chi connectivity index (χ1) is 10.3. The Morgan fingerprint density at radius 1 is 0.905 bits per heavy atom. The van der Waals surface area contributed by atoms with Gasteiger partial charge in [-0.2, -0.15) is 0 Å². The molecule has 21 heavy (non-hydrogen) atoms. The van der Waals surface area contributed by atoms with Crippen molar-refractivity contribution in [3.63, 3.8) is 0 Å². The van der Waals surface area contributed by atoms with Crippen molar-refractivity contribution in [3.05, 3.63) is 72.0 Å². The fourth-order valence-electron chi connectivity index (χ4n) is 2.63. The Balaban J connectivity index is 2.10. The molecule has 3 aromatic rings. The summed E-state index contributed by atoms with van der Waals surface area (Å²) in [6.07, 6.45) is 0. The molecule has 1 N–H and O–H groups in total. The van der Waals surface area contributed by atoms with Crippen molar-refractivity contribution in [2.45, 2.75) is 13.5 Å². The van der Waals surface area contributed by atoms with Gasteiger partial charge < -0.3 is 5.32 Å². The molecule has 0 aliphatic carbocycles. The standard InChI is InChI=1S/C19H18FN/c1-2-21-13-14-6-5-7-15(12-14)16-10-11-19(20)18-9-4-3-8-17(16)18/h3-12,21H,2,13H2,1H3. The maximum Gasteiger partial charge on any atom is 0.131 e. The third-order valence-corrected chi connectivity index (χ3v) is 3.69. The second-order valence-corrected chi connectivity index (χ2v) is 5.12. The zero-order chi connectivity index (χ0) is 14.7. The molecule has 3 rings (SSSR count). The van der Waals surface area contributed by atoms with Crippen LogP contribution in [0.15, 0.2) is 60.7 Å². The summed E-state index contributed by atoms with van der Waals surface area (Å²) >= 11 is 0. The van der Waals surface area contributed by atoms with Gasteiger partial charge in [-0.3, -0.25) is 0 Å². The zero-order valence-corrected chi connectivity index (χ0v) is 12.1. The van der Waals surface area contributed by atoms with Gasteiger partial charge in [-0.25, -0.2) is 4.39 Å². The quantitative estimate of drug-likeness (QED) is 0.726. The highest BCUT2D eigenvalue weighted by atomic mass is 19.1. The molecule has 1 nitrogen and oxygen atoms in total. The van der Waals surface area contributed by atoms with Crippen LogP contribution in [0.4, 0.5) is 4.39 Å². The molecule has 0 spiro atoms. The summed E-state index contributed by atoms with van der Waals surface area (Å²) in [5.74, 6) is -0.168. The Bertz CT molecular complexity index is 764. The number of hydrogen-bond acceptors (Lipinski definition) is 1. The van der Waals surface area contributed by atoms with Gasteiger partial charge in [0.15, 0.2) is 0 Å². The Morgan fingerprint density at radius 2 is 1.71 bits per heavy atom. The number of fused-ring (bicyclic) bond motifs is 1. The topological polar surface area (TPSA) is 12.0 Å². The van der Waals surface area contributed by atoms with E-state index in [4.69, 9.17) is 0 Å². The minimum absolute atomic E-state index is 0.168. The van der Waals surface area contributed by atoms with Crippen molar-refractivity contribution in [2.75, 3.05) is 6.54 Å². The van der Waals surface area contributed by atoms with E-state index in [1.165, 1.54) is 5.56 Å². The van der Waals surface area contributed by atoms with Crippen LogP contribution in [-0.4, -0.2) is 6.54 Å². The zero-order valence-electron chi connectivity index (χ0n) is 12.1. The molecule has 2 heteroatoms. The lowest BCUT2D eigenvalue weighted by Crippen LogP contribution is -2.11. The van der Waals surface area contributed by atoms with Crippen LogP contribution >= 0.6 is 0 Å². The van der Waals surface area contributed by atoms with E-state index in [2.05, 4.69) is 36.5 Å². The first-order valence-corrected chi connectivity index (χ1v) is 7.27. The molecule has 0 heterocycles. The molecule has 0 amide bonds. The fourth-order valence-corrected chi connectivity index (χ4v) is 2.63. The molecule has 0 bridgehead atoms.